The maximum Gasteiger partial charge on any atom is 0.268 e. The zero-order valence-corrected chi connectivity index (χ0v) is 15.6. The molecule has 2 aromatic carbocycles. The summed E-state index contributed by atoms with van der Waals surface area (Å²) in [6.45, 7) is 1.63. The molecule has 2 aromatic heterocycles. The highest BCUT2D eigenvalue weighted by molar-refractivity contribution is 7.17. The minimum Gasteiger partial charge on any atom is -0.492 e. The standard InChI is InChI=1S/C22H20N2O2S/c25-22(23-16-17-7-3-1-4-8-17)20-15-21-19(11-14-27-21)24(20)12-13-26-18-9-5-2-6-10-18/h1-11,14-15H,12-13,16H2,(H,23,25). The van der Waals surface area contributed by atoms with E-state index in [4.69, 9.17) is 4.74 Å². The first-order valence-corrected chi connectivity index (χ1v) is 9.76. The maximum absolute atomic E-state index is 12.8. The zero-order valence-electron chi connectivity index (χ0n) is 14.8. The number of carbonyl (C=O) groups is 1. The Morgan fingerprint density at radius 3 is 2.52 bits per heavy atom. The molecule has 0 atom stereocenters. The van der Waals surface area contributed by atoms with Gasteiger partial charge in [-0.05, 0) is 35.2 Å². The number of carbonyl (C=O) groups excluding carboxylic acids is 1. The van der Waals surface area contributed by atoms with Gasteiger partial charge in [0.1, 0.15) is 18.1 Å². The Morgan fingerprint density at radius 1 is 1.00 bits per heavy atom. The second-order valence-corrected chi connectivity index (χ2v) is 7.13. The second kappa shape index (κ2) is 8.10. The number of aromatic nitrogens is 1. The monoisotopic (exact) mass is 376 g/mol. The van der Waals surface area contributed by atoms with Crippen molar-refractivity contribution in [2.75, 3.05) is 6.61 Å². The molecule has 4 aromatic rings. The van der Waals surface area contributed by atoms with Crippen LogP contribution in [-0.4, -0.2) is 17.1 Å². The number of nitrogens with zero attached hydrogens (tertiary/aromatic N) is 1. The van der Waals surface area contributed by atoms with E-state index in [1.165, 1.54) is 0 Å². The lowest BCUT2D eigenvalue weighted by Gasteiger charge is -2.12. The van der Waals surface area contributed by atoms with Gasteiger partial charge in [0, 0.05) is 6.54 Å². The van der Waals surface area contributed by atoms with Crippen LogP contribution in [0.1, 0.15) is 16.1 Å². The molecule has 0 bridgehead atoms. The fraction of sp³-hybridized carbons (Fsp3) is 0.136. The van der Waals surface area contributed by atoms with E-state index in [2.05, 4.69) is 11.4 Å². The third-order valence-corrected chi connectivity index (χ3v) is 5.23. The lowest BCUT2D eigenvalue weighted by molar-refractivity contribution is 0.0941. The van der Waals surface area contributed by atoms with E-state index < -0.39 is 0 Å². The van der Waals surface area contributed by atoms with Crippen LogP contribution in [0.3, 0.4) is 0 Å². The van der Waals surface area contributed by atoms with Crippen LogP contribution in [0, 0.1) is 0 Å². The summed E-state index contributed by atoms with van der Waals surface area (Å²) >= 11 is 1.64. The first-order valence-electron chi connectivity index (χ1n) is 8.88. The van der Waals surface area contributed by atoms with Crippen molar-refractivity contribution in [2.45, 2.75) is 13.1 Å². The Kier molecular flexibility index (Phi) is 5.21. The average Bonchev–Trinajstić information content (AvgIpc) is 3.30. The Morgan fingerprint density at radius 2 is 1.74 bits per heavy atom. The molecule has 27 heavy (non-hydrogen) atoms. The fourth-order valence-electron chi connectivity index (χ4n) is 3.05. The molecule has 0 radical (unpaired) electrons. The van der Waals surface area contributed by atoms with Crippen molar-refractivity contribution in [3.63, 3.8) is 0 Å². The number of amides is 1. The molecule has 2 heterocycles. The van der Waals surface area contributed by atoms with Gasteiger partial charge in [-0.15, -0.1) is 11.3 Å². The SMILES string of the molecule is O=C(NCc1ccccc1)c1cc2sccc2n1CCOc1ccccc1. The number of para-hydroxylation sites is 1. The van der Waals surface area contributed by atoms with Crippen LogP contribution in [0.25, 0.3) is 10.2 Å². The number of fused-ring (bicyclic) bond motifs is 1. The summed E-state index contributed by atoms with van der Waals surface area (Å²) in [4.78, 5) is 12.8. The van der Waals surface area contributed by atoms with Gasteiger partial charge in [-0.1, -0.05) is 48.5 Å². The van der Waals surface area contributed by atoms with E-state index in [0.29, 0.717) is 25.4 Å². The van der Waals surface area contributed by atoms with Gasteiger partial charge in [-0.2, -0.15) is 0 Å². The zero-order chi connectivity index (χ0) is 18.5. The van der Waals surface area contributed by atoms with Crippen LogP contribution in [0.5, 0.6) is 5.75 Å². The van der Waals surface area contributed by atoms with Crippen LogP contribution in [0.4, 0.5) is 0 Å². The summed E-state index contributed by atoms with van der Waals surface area (Å²) in [5.41, 5.74) is 2.82. The van der Waals surface area contributed by atoms with Gasteiger partial charge in [0.2, 0.25) is 0 Å². The number of hydrogen-bond acceptors (Lipinski definition) is 3. The number of nitrogens with one attached hydrogen (secondary N) is 1. The van der Waals surface area contributed by atoms with Crippen molar-refractivity contribution in [1.29, 1.82) is 0 Å². The van der Waals surface area contributed by atoms with Crippen LogP contribution < -0.4 is 10.1 Å². The predicted octanol–water partition coefficient (Wildman–Crippen LogP) is 4.71. The van der Waals surface area contributed by atoms with E-state index in [1.807, 2.05) is 76.7 Å². The Bertz CT molecular complexity index is 1020. The first kappa shape index (κ1) is 17.4. The molecule has 0 aliphatic heterocycles. The molecular formula is C22H20N2O2S. The van der Waals surface area contributed by atoms with Crippen molar-refractivity contribution in [1.82, 2.24) is 9.88 Å². The summed E-state index contributed by atoms with van der Waals surface area (Å²) in [7, 11) is 0. The fourth-order valence-corrected chi connectivity index (χ4v) is 3.87. The number of benzene rings is 2. The highest BCUT2D eigenvalue weighted by atomic mass is 32.1. The number of hydrogen-bond donors (Lipinski definition) is 1. The van der Waals surface area contributed by atoms with E-state index in [-0.39, 0.29) is 5.91 Å². The lowest BCUT2D eigenvalue weighted by atomic mass is 10.2. The van der Waals surface area contributed by atoms with Crippen LogP contribution >= 0.6 is 11.3 Å². The summed E-state index contributed by atoms with van der Waals surface area (Å²) in [5.74, 6) is 0.767. The lowest BCUT2D eigenvalue weighted by Crippen LogP contribution is -2.26. The highest BCUT2D eigenvalue weighted by Gasteiger charge is 2.16. The third-order valence-electron chi connectivity index (χ3n) is 4.38. The molecule has 136 valence electrons. The maximum atomic E-state index is 12.8. The van der Waals surface area contributed by atoms with Gasteiger partial charge in [0.15, 0.2) is 0 Å². The molecule has 0 unspecified atom stereocenters. The third kappa shape index (κ3) is 4.04. The summed E-state index contributed by atoms with van der Waals surface area (Å²) in [5, 5.41) is 5.07. The van der Waals surface area contributed by atoms with Crippen molar-refractivity contribution in [3.8, 4) is 5.75 Å². The van der Waals surface area contributed by atoms with Gasteiger partial charge >= 0.3 is 0 Å². The minimum atomic E-state index is -0.0676. The smallest absolute Gasteiger partial charge is 0.268 e. The quantitative estimate of drug-likeness (QED) is 0.507. The van der Waals surface area contributed by atoms with E-state index in [9.17, 15) is 4.79 Å². The number of ether oxygens (including phenoxy) is 1. The van der Waals surface area contributed by atoms with E-state index in [1.54, 1.807) is 11.3 Å². The van der Waals surface area contributed by atoms with Crippen LogP contribution in [0.2, 0.25) is 0 Å². The molecule has 1 amide bonds. The predicted molar refractivity (Wildman–Crippen MR) is 109 cm³/mol. The summed E-state index contributed by atoms with van der Waals surface area (Å²) in [6.07, 6.45) is 0. The molecule has 4 nitrogen and oxygen atoms in total. The van der Waals surface area contributed by atoms with Crippen molar-refractivity contribution < 1.29 is 9.53 Å². The largest absolute Gasteiger partial charge is 0.492 e. The topological polar surface area (TPSA) is 43.3 Å². The molecular weight excluding hydrogens is 356 g/mol. The molecule has 0 aliphatic carbocycles. The van der Waals surface area contributed by atoms with Gasteiger partial charge < -0.3 is 14.6 Å². The van der Waals surface area contributed by atoms with Crippen LogP contribution in [-0.2, 0) is 13.1 Å². The molecule has 5 heteroatoms. The van der Waals surface area contributed by atoms with E-state index in [0.717, 1.165) is 21.5 Å². The second-order valence-electron chi connectivity index (χ2n) is 6.18. The van der Waals surface area contributed by atoms with Crippen molar-refractivity contribution in [2.24, 2.45) is 0 Å². The number of thiophene rings is 1. The number of rotatable bonds is 7. The highest BCUT2D eigenvalue weighted by Crippen LogP contribution is 2.25. The van der Waals surface area contributed by atoms with Crippen molar-refractivity contribution >= 4 is 27.5 Å². The van der Waals surface area contributed by atoms with Gasteiger partial charge in [0.05, 0.1) is 16.8 Å². The molecule has 4 rings (SSSR count). The molecule has 0 fully saturated rings. The summed E-state index contributed by atoms with van der Waals surface area (Å²) < 4.78 is 8.97. The minimum absolute atomic E-state index is 0.0676. The molecule has 0 saturated heterocycles. The Labute approximate surface area is 162 Å². The van der Waals surface area contributed by atoms with Crippen molar-refractivity contribution in [3.05, 3.63) is 89.4 Å². The van der Waals surface area contributed by atoms with Gasteiger partial charge in [0.25, 0.3) is 5.91 Å². The molecule has 0 spiro atoms. The Balaban J connectivity index is 1.47. The molecule has 0 aliphatic rings. The van der Waals surface area contributed by atoms with E-state index >= 15 is 0 Å². The average molecular weight is 376 g/mol. The Hall–Kier alpha value is -3.05. The summed E-state index contributed by atoms with van der Waals surface area (Å²) in [6, 6.07) is 23.7. The van der Waals surface area contributed by atoms with Gasteiger partial charge in [-0.25, -0.2) is 0 Å². The molecule has 1 N–H and O–H groups in total. The molecule has 0 saturated carbocycles. The first-order chi connectivity index (χ1) is 13.3. The van der Waals surface area contributed by atoms with Crippen LogP contribution in [0.15, 0.2) is 78.2 Å². The normalized spacial score (nSPS) is 10.8. The van der Waals surface area contributed by atoms with Gasteiger partial charge in [-0.3, -0.25) is 4.79 Å².